The predicted molar refractivity (Wildman–Crippen MR) is 101 cm³/mol. The highest BCUT2D eigenvalue weighted by molar-refractivity contribution is 5.92. The minimum absolute atomic E-state index is 0.00386. The molecule has 0 unspecified atom stereocenters. The van der Waals surface area contributed by atoms with E-state index in [9.17, 15) is 4.79 Å². The third-order valence-electron chi connectivity index (χ3n) is 4.01. The molecular formula is C19H30N4O4. The van der Waals surface area contributed by atoms with Gasteiger partial charge in [0.25, 0.3) is 5.91 Å². The molecule has 0 aliphatic carbocycles. The number of aromatic nitrogens is 3. The molecule has 0 radical (unpaired) electrons. The van der Waals surface area contributed by atoms with Crippen molar-refractivity contribution >= 4 is 5.91 Å². The summed E-state index contributed by atoms with van der Waals surface area (Å²) in [6, 6.07) is 0. The molecule has 150 valence electrons. The summed E-state index contributed by atoms with van der Waals surface area (Å²) < 4.78 is 18.2. The Bertz CT molecular complexity index is 630. The Labute approximate surface area is 160 Å². The smallest absolute Gasteiger partial charge is 0.251 e. The van der Waals surface area contributed by atoms with Crippen LogP contribution in [0.4, 0.5) is 0 Å². The standard InChI is InChI=1S/C19H30N4O4/c1-16-5-6-18(24)23(16)8-10-26-12-14-27-13-11-25-9-7-22-15-17(20-21-22)19(2,3)4/h5-6,15H,1,7-14H2,2-4H3. The lowest BCUT2D eigenvalue weighted by atomic mass is 9.93. The lowest BCUT2D eigenvalue weighted by Gasteiger charge is -2.16. The van der Waals surface area contributed by atoms with Gasteiger partial charge in [0.15, 0.2) is 0 Å². The number of carbonyl (C=O) groups is 1. The largest absolute Gasteiger partial charge is 0.377 e. The number of rotatable bonds is 12. The number of nitrogens with zero attached hydrogens (tertiary/aromatic N) is 4. The summed E-state index contributed by atoms with van der Waals surface area (Å²) in [7, 11) is 0. The van der Waals surface area contributed by atoms with Gasteiger partial charge in [0.2, 0.25) is 0 Å². The van der Waals surface area contributed by atoms with E-state index in [1.807, 2.05) is 6.20 Å². The molecule has 27 heavy (non-hydrogen) atoms. The lowest BCUT2D eigenvalue weighted by molar-refractivity contribution is -0.123. The molecule has 0 saturated carbocycles. The minimum atomic E-state index is -0.0440. The van der Waals surface area contributed by atoms with Gasteiger partial charge in [-0.3, -0.25) is 4.79 Å². The topological polar surface area (TPSA) is 78.7 Å². The van der Waals surface area contributed by atoms with Crippen molar-refractivity contribution in [3.05, 3.63) is 36.3 Å². The summed E-state index contributed by atoms with van der Waals surface area (Å²) in [5.74, 6) is -0.0440. The van der Waals surface area contributed by atoms with Crippen molar-refractivity contribution in [2.24, 2.45) is 0 Å². The maximum absolute atomic E-state index is 11.5. The maximum atomic E-state index is 11.5. The van der Waals surface area contributed by atoms with Crippen molar-refractivity contribution in [3.8, 4) is 0 Å². The second-order valence-corrected chi connectivity index (χ2v) is 7.27. The van der Waals surface area contributed by atoms with Crippen molar-refractivity contribution in [3.63, 3.8) is 0 Å². The fourth-order valence-electron chi connectivity index (χ4n) is 2.35. The molecule has 1 aromatic heterocycles. The van der Waals surface area contributed by atoms with Crippen LogP contribution in [0.25, 0.3) is 0 Å². The van der Waals surface area contributed by atoms with Crippen LogP contribution in [0.2, 0.25) is 0 Å². The molecule has 8 nitrogen and oxygen atoms in total. The quantitative estimate of drug-likeness (QED) is 0.514. The first kappa shape index (κ1) is 21.3. The number of amides is 1. The van der Waals surface area contributed by atoms with Crippen molar-refractivity contribution in [2.75, 3.05) is 46.2 Å². The van der Waals surface area contributed by atoms with Gasteiger partial charge in [-0.25, -0.2) is 4.68 Å². The van der Waals surface area contributed by atoms with Crippen LogP contribution in [0.5, 0.6) is 0 Å². The van der Waals surface area contributed by atoms with E-state index in [-0.39, 0.29) is 11.3 Å². The van der Waals surface area contributed by atoms with Crippen LogP contribution in [0.3, 0.4) is 0 Å². The molecule has 1 aliphatic rings. The summed E-state index contributed by atoms with van der Waals surface area (Å²) in [5.41, 5.74) is 1.68. The second kappa shape index (κ2) is 10.3. The summed E-state index contributed by atoms with van der Waals surface area (Å²) in [5, 5.41) is 8.27. The van der Waals surface area contributed by atoms with Gasteiger partial charge in [0, 0.05) is 29.9 Å². The monoisotopic (exact) mass is 378 g/mol. The van der Waals surface area contributed by atoms with Crippen molar-refractivity contribution in [1.29, 1.82) is 0 Å². The molecule has 0 atom stereocenters. The van der Waals surface area contributed by atoms with Crippen LogP contribution >= 0.6 is 0 Å². The van der Waals surface area contributed by atoms with Gasteiger partial charge < -0.3 is 19.1 Å². The number of allylic oxidation sites excluding steroid dienone is 1. The van der Waals surface area contributed by atoms with E-state index in [0.717, 1.165) is 5.69 Å². The van der Waals surface area contributed by atoms with Gasteiger partial charge in [0.1, 0.15) is 0 Å². The number of carbonyl (C=O) groups excluding carboxylic acids is 1. The van der Waals surface area contributed by atoms with Gasteiger partial charge in [-0.15, -0.1) is 5.10 Å². The fraction of sp³-hybridized carbons (Fsp3) is 0.632. The van der Waals surface area contributed by atoms with E-state index in [2.05, 4.69) is 37.7 Å². The summed E-state index contributed by atoms with van der Waals surface area (Å²) in [4.78, 5) is 13.1. The highest BCUT2D eigenvalue weighted by Crippen LogP contribution is 2.18. The summed E-state index contributed by atoms with van der Waals surface area (Å²) in [6.07, 6.45) is 5.17. The van der Waals surface area contributed by atoms with Crippen LogP contribution < -0.4 is 0 Å². The first-order valence-electron chi connectivity index (χ1n) is 9.20. The third-order valence-corrected chi connectivity index (χ3v) is 4.01. The number of ether oxygens (including phenoxy) is 3. The number of hydrogen-bond acceptors (Lipinski definition) is 6. The molecule has 1 aliphatic heterocycles. The number of hydrogen-bond donors (Lipinski definition) is 0. The molecule has 1 amide bonds. The highest BCUT2D eigenvalue weighted by Gasteiger charge is 2.18. The molecule has 0 aromatic carbocycles. The van der Waals surface area contributed by atoms with Gasteiger partial charge in [-0.1, -0.05) is 32.6 Å². The zero-order valence-corrected chi connectivity index (χ0v) is 16.5. The molecule has 0 bridgehead atoms. The molecule has 1 aromatic rings. The zero-order chi connectivity index (χ0) is 19.7. The van der Waals surface area contributed by atoms with Crippen LogP contribution in [0, 0.1) is 0 Å². The Morgan fingerprint density at radius 3 is 2.07 bits per heavy atom. The molecular weight excluding hydrogens is 348 g/mol. The van der Waals surface area contributed by atoms with E-state index >= 15 is 0 Å². The van der Waals surface area contributed by atoms with Crippen molar-refractivity contribution in [1.82, 2.24) is 19.9 Å². The van der Waals surface area contributed by atoms with E-state index < -0.39 is 0 Å². The second-order valence-electron chi connectivity index (χ2n) is 7.27. The molecule has 2 rings (SSSR count). The Kier molecular flexibility index (Phi) is 8.15. The van der Waals surface area contributed by atoms with Crippen LogP contribution in [-0.2, 0) is 31.0 Å². The predicted octanol–water partition coefficient (Wildman–Crippen LogP) is 1.54. The molecule has 0 N–H and O–H groups in total. The third kappa shape index (κ3) is 7.24. The van der Waals surface area contributed by atoms with Crippen molar-refractivity contribution in [2.45, 2.75) is 32.7 Å². The molecule has 0 spiro atoms. The SMILES string of the molecule is C=C1C=CC(=O)N1CCOCCOCCOCCn1cc(C(C)(C)C)nn1. The zero-order valence-electron chi connectivity index (χ0n) is 16.5. The minimum Gasteiger partial charge on any atom is -0.377 e. The summed E-state index contributed by atoms with van der Waals surface area (Å²) in [6.45, 7) is 14.3. The first-order chi connectivity index (χ1) is 12.9. The maximum Gasteiger partial charge on any atom is 0.251 e. The van der Waals surface area contributed by atoms with E-state index in [4.69, 9.17) is 14.2 Å². The van der Waals surface area contributed by atoms with Gasteiger partial charge in [0.05, 0.1) is 51.9 Å². The Balaban J connectivity index is 1.40. The molecule has 2 heterocycles. The van der Waals surface area contributed by atoms with Gasteiger partial charge in [-0.2, -0.15) is 0 Å². The molecule has 0 saturated heterocycles. The van der Waals surface area contributed by atoms with Gasteiger partial charge in [-0.05, 0) is 6.08 Å². The average Bonchev–Trinajstić information content (AvgIpc) is 3.21. The fourth-order valence-corrected chi connectivity index (χ4v) is 2.35. The normalized spacial score (nSPS) is 14.6. The van der Waals surface area contributed by atoms with E-state index in [1.54, 1.807) is 15.7 Å². The lowest BCUT2D eigenvalue weighted by Crippen LogP contribution is -2.28. The van der Waals surface area contributed by atoms with Crippen LogP contribution in [0.1, 0.15) is 26.5 Å². The first-order valence-corrected chi connectivity index (χ1v) is 9.20. The highest BCUT2D eigenvalue weighted by atomic mass is 16.5. The average molecular weight is 378 g/mol. The Hall–Kier alpha value is -2.03. The Morgan fingerprint density at radius 2 is 1.56 bits per heavy atom. The van der Waals surface area contributed by atoms with E-state index in [1.165, 1.54) is 6.08 Å². The Morgan fingerprint density at radius 1 is 0.963 bits per heavy atom. The molecule has 8 heteroatoms. The van der Waals surface area contributed by atoms with Gasteiger partial charge >= 0.3 is 0 Å². The van der Waals surface area contributed by atoms with Crippen molar-refractivity contribution < 1.29 is 19.0 Å². The van der Waals surface area contributed by atoms with E-state index in [0.29, 0.717) is 58.4 Å². The summed E-state index contributed by atoms with van der Waals surface area (Å²) >= 11 is 0. The molecule has 0 fully saturated rings. The van der Waals surface area contributed by atoms with Crippen LogP contribution in [0.15, 0.2) is 30.6 Å². The van der Waals surface area contributed by atoms with Crippen LogP contribution in [-0.4, -0.2) is 72.0 Å².